The lowest BCUT2D eigenvalue weighted by molar-refractivity contribution is 0.253. The first kappa shape index (κ1) is 12.4. The molecular formula is C15H20N4. The monoisotopic (exact) mass is 256 g/mol. The summed E-state index contributed by atoms with van der Waals surface area (Å²) in [7, 11) is 0. The fourth-order valence-electron chi connectivity index (χ4n) is 2.73. The highest BCUT2D eigenvalue weighted by molar-refractivity contribution is 5.90. The summed E-state index contributed by atoms with van der Waals surface area (Å²) in [6, 6.07) is 8.23. The van der Waals surface area contributed by atoms with Gasteiger partial charge in [0.25, 0.3) is 0 Å². The highest BCUT2D eigenvalue weighted by Gasteiger charge is 2.26. The molecule has 1 aliphatic heterocycles. The highest BCUT2D eigenvalue weighted by atomic mass is 15.2. The van der Waals surface area contributed by atoms with Crippen molar-refractivity contribution in [2.24, 2.45) is 5.41 Å². The van der Waals surface area contributed by atoms with Gasteiger partial charge in [-0.25, -0.2) is 0 Å². The van der Waals surface area contributed by atoms with Gasteiger partial charge in [-0.15, -0.1) is 5.10 Å². The summed E-state index contributed by atoms with van der Waals surface area (Å²) in [5.41, 5.74) is 0.302. The zero-order chi connectivity index (χ0) is 13.1. The second-order valence-corrected chi connectivity index (χ2v) is 5.72. The number of benzene rings is 1. The Morgan fingerprint density at radius 2 is 2.26 bits per heavy atom. The normalized spacial score (nSPS) is 23.4. The van der Waals surface area contributed by atoms with Crippen LogP contribution in [-0.2, 0) is 0 Å². The predicted molar refractivity (Wildman–Crippen MR) is 78.2 cm³/mol. The van der Waals surface area contributed by atoms with Crippen molar-refractivity contribution in [2.45, 2.75) is 19.8 Å². The molecule has 3 rings (SSSR count). The van der Waals surface area contributed by atoms with E-state index in [2.05, 4.69) is 39.9 Å². The summed E-state index contributed by atoms with van der Waals surface area (Å²) in [4.78, 5) is 0. The minimum absolute atomic E-state index is 0.302. The maximum atomic E-state index is 4.24. The number of hydrogen-bond donors (Lipinski definition) is 2. The molecule has 0 radical (unpaired) electrons. The lowest BCUT2D eigenvalue weighted by atomic mass is 9.83. The van der Waals surface area contributed by atoms with Crippen molar-refractivity contribution in [3.8, 4) is 0 Å². The zero-order valence-electron chi connectivity index (χ0n) is 11.3. The summed E-state index contributed by atoms with van der Waals surface area (Å²) in [5, 5.41) is 17.5. The SMILES string of the molecule is CC1(CNc2nncc3ccccc23)CCCNC1. The average Bonchev–Trinajstić information content (AvgIpc) is 2.46. The molecular weight excluding hydrogens is 236 g/mol. The molecule has 0 amide bonds. The first-order valence-electron chi connectivity index (χ1n) is 6.92. The van der Waals surface area contributed by atoms with Gasteiger partial charge in [-0.1, -0.05) is 31.2 Å². The van der Waals surface area contributed by atoms with Crippen molar-refractivity contribution >= 4 is 16.6 Å². The third kappa shape index (κ3) is 2.68. The summed E-state index contributed by atoms with van der Waals surface area (Å²) < 4.78 is 0. The number of aromatic nitrogens is 2. The van der Waals surface area contributed by atoms with E-state index >= 15 is 0 Å². The predicted octanol–water partition coefficient (Wildman–Crippen LogP) is 2.43. The van der Waals surface area contributed by atoms with Gasteiger partial charge in [0.1, 0.15) is 0 Å². The van der Waals surface area contributed by atoms with Crippen LogP contribution < -0.4 is 10.6 Å². The molecule has 1 aromatic carbocycles. The third-order valence-corrected chi connectivity index (χ3v) is 3.94. The van der Waals surface area contributed by atoms with Gasteiger partial charge < -0.3 is 10.6 Å². The minimum atomic E-state index is 0.302. The van der Waals surface area contributed by atoms with E-state index in [-0.39, 0.29) is 0 Å². The zero-order valence-corrected chi connectivity index (χ0v) is 11.3. The Hall–Kier alpha value is -1.68. The Labute approximate surface area is 113 Å². The quantitative estimate of drug-likeness (QED) is 0.885. The van der Waals surface area contributed by atoms with E-state index in [4.69, 9.17) is 0 Å². The molecule has 4 heteroatoms. The molecule has 1 fully saturated rings. The highest BCUT2D eigenvalue weighted by Crippen LogP contribution is 2.27. The molecule has 1 atom stereocenters. The third-order valence-electron chi connectivity index (χ3n) is 3.94. The lowest BCUT2D eigenvalue weighted by Crippen LogP contribution is -2.42. The number of nitrogens with one attached hydrogen (secondary N) is 2. The van der Waals surface area contributed by atoms with E-state index in [0.717, 1.165) is 36.2 Å². The van der Waals surface area contributed by atoms with Crippen molar-refractivity contribution in [1.29, 1.82) is 0 Å². The first-order valence-corrected chi connectivity index (χ1v) is 6.92. The van der Waals surface area contributed by atoms with Crippen LogP contribution in [0.1, 0.15) is 19.8 Å². The van der Waals surface area contributed by atoms with Crippen molar-refractivity contribution in [2.75, 3.05) is 25.0 Å². The van der Waals surface area contributed by atoms with Crippen LogP contribution in [0.4, 0.5) is 5.82 Å². The van der Waals surface area contributed by atoms with E-state index in [1.807, 2.05) is 18.3 Å². The number of rotatable bonds is 3. The van der Waals surface area contributed by atoms with Crippen molar-refractivity contribution < 1.29 is 0 Å². The molecule has 1 aromatic heterocycles. The summed E-state index contributed by atoms with van der Waals surface area (Å²) in [6.07, 6.45) is 4.31. The Bertz CT molecular complexity index is 556. The van der Waals surface area contributed by atoms with Crippen LogP contribution in [0.25, 0.3) is 10.8 Å². The molecule has 0 bridgehead atoms. The molecule has 1 aliphatic rings. The Morgan fingerprint density at radius 1 is 1.37 bits per heavy atom. The number of anilines is 1. The second-order valence-electron chi connectivity index (χ2n) is 5.72. The Kier molecular flexibility index (Phi) is 3.34. The Balaban J connectivity index is 1.78. The van der Waals surface area contributed by atoms with E-state index in [9.17, 15) is 0 Å². The van der Waals surface area contributed by atoms with E-state index < -0.39 is 0 Å². The molecule has 100 valence electrons. The molecule has 0 aliphatic carbocycles. The van der Waals surface area contributed by atoms with Crippen molar-refractivity contribution in [3.63, 3.8) is 0 Å². The molecule has 0 spiro atoms. The van der Waals surface area contributed by atoms with E-state index in [1.54, 1.807) is 0 Å². The van der Waals surface area contributed by atoms with Crippen molar-refractivity contribution in [1.82, 2.24) is 15.5 Å². The van der Waals surface area contributed by atoms with Crippen LogP contribution in [-0.4, -0.2) is 29.8 Å². The number of fused-ring (bicyclic) bond motifs is 1. The molecule has 0 saturated carbocycles. The standard InChI is InChI=1S/C15H20N4/c1-15(7-4-8-16-10-15)11-17-14-13-6-3-2-5-12(13)9-18-19-14/h2-3,5-6,9,16H,4,7-8,10-11H2,1H3,(H,17,19). The minimum Gasteiger partial charge on any atom is -0.367 e. The molecule has 2 heterocycles. The topological polar surface area (TPSA) is 49.8 Å². The molecule has 1 saturated heterocycles. The summed E-state index contributed by atoms with van der Waals surface area (Å²) in [6.45, 7) is 5.47. The Morgan fingerprint density at radius 3 is 3.11 bits per heavy atom. The first-order chi connectivity index (χ1) is 9.27. The fraction of sp³-hybridized carbons (Fsp3) is 0.467. The molecule has 2 aromatic rings. The number of piperidine rings is 1. The van der Waals surface area contributed by atoms with Crippen molar-refractivity contribution in [3.05, 3.63) is 30.5 Å². The molecule has 1 unspecified atom stereocenters. The average molecular weight is 256 g/mol. The van der Waals surface area contributed by atoms with Crippen LogP contribution >= 0.6 is 0 Å². The van der Waals surface area contributed by atoms with Crippen LogP contribution in [0.15, 0.2) is 30.5 Å². The molecule has 4 nitrogen and oxygen atoms in total. The van der Waals surface area contributed by atoms with Gasteiger partial charge in [-0.2, -0.15) is 5.10 Å². The van der Waals surface area contributed by atoms with Gasteiger partial charge in [0, 0.05) is 23.9 Å². The maximum Gasteiger partial charge on any atom is 0.156 e. The van der Waals surface area contributed by atoms with Gasteiger partial charge in [0.05, 0.1) is 6.20 Å². The van der Waals surface area contributed by atoms with Gasteiger partial charge in [-0.3, -0.25) is 0 Å². The molecule has 2 N–H and O–H groups in total. The summed E-state index contributed by atoms with van der Waals surface area (Å²) >= 11 is 0. The van der Waals surface area contributed by atoms with E-state index in [1.165, 1.54) is 12.8 Å². The fourth-order valence-corrected chi connectivity index (χ4v) is 2.73. The largest absolute Gasteiger partial charge is 0.367 e. The van der Waals surface area contributed by atoms with Crippen LogP contribution in [0, 0.1) is 5.41 Å². The van der Waals surface area contributed by atoms with Crippen LogP contribution in [0.5, 0.6) is 0 Å². The number of hydrogen-bond acceptors (Lipinski definition) is 4. The summed E-state index contributed by atoms with van der Waals surface area (Å²) in [5.74, 6) is 0.893. The molecule has 19 heavy (non-hydrogen) atoms. The van der Waals surface area contributed by atoms with Crippen LogP contribution in [0.3, 0.4) is 0 Å². The van der Waals surface area contributed by atoms with Gasteiger partial charge in [0.15, 0.2) is 5.82 Å². The van der Waals surface area contributed by atoms with Gasteiger partial charge in [0.2, 0.25) is 0 Å². The van der Waals surface area contributed by atoms with Gasteiger partial charge >= 0.3 is 0 Å². The van der Waals surface area contributed by atoms with E-state index in [0.29, 0.717) is 5.41 Å². The van der Waals surface area contributed by atoms with Gasteiger partial charge in [-0.05, 0) is 24.8 Å². The maximum absolute atomic E-state index is 4.24. The lowest BCUT2D eigenvalue weighted by Gasteiger charge is -2.34. The second kappa shape index (κ2) is 5.13. The number of nitrogens with zero attached hydrogens (tertiary/aromatic N) is 2. The van der Waals surface area contributed by atoms with Crippen LogP contribution in [0.2, 0.25) is 0 Å². The smallest absolute Gasteiger partial charge is 0.156 e.